The van der Waals surface area contributed by atoms with Gasteiger partial charge in [0.1, 0.15) is 0 Å². The average molecular weight is 219 g/mol. The van der Waals surface area contributed by atoms with E-state index in [9.17, 15) is 9.59 Å². The fourth-order valence-electron chi connectivity index (χ4n) is 2.20. The van der Waals surface area contributed by atoms with E-state index in [1.807, 2.05) is 30.3 Å². The van der Waals surface area contributed by atoms with Crippen molar-refractivity contribution in [3.63, 3.8) is 0 Å². The summed E-state index contributed by atoms with van der Waals surface area (Å²) >= 11 is 0. The molecule has 0 spiro atoms. The molecule has 1 aliphatic rings. The van der Waals surface area contributed by atoms with E-state index in [1.165, 1.54) is 4.90 Å². The van der Waals surface area contributed by atoms with Gasteiger partial charge in [-0.1, -0.05) is 30.3 Å². The first-order chi connectivity index (χ1) is 7.61. The van der Waals surface area contributed by atoms with E-state index in [1.54, 1.807) is 7.05 Å². The van der Waals surface area contributed by atoms with Crippen LogP contribution in [0.2, 0.25) is 0 Å². The molecule has 1 heterocycles. The number of hydrogen-bond donors (Lipinski definition) is 1. The van der Waals surface area contributed by atoms with Crippen LogP contribution in [0.25, 0.3) is 0 Å². The zero-order valence-corrected chi connectivity index (χ0v) is 8.96. The quantitative estimate of drug-likeness (QED) is 0.815. The van der Waals surface area contributed by atoms with Crippen molar-refractivity contribution in [2.75, 3.05) is 7.05 Å². The molecule has 4 heteroatoms. The highest BCUT2D eigenvalue weighted by atomic mass is 16.4. The second kappa shape index (κ2) is 3.96. The summed E-state index contributed by atoms with van der Waals surface area (Å²) in [6, 6.07) is 8.95. The van der Waals surface area contributed by atoms with Gasteiger partial charge in [-0.3, -0.25) is 9.59 Å². The van der Waals surface area contributed by atoms with E-state index in [4.69, 9.17) is 5.11 Å². The Hall–Kier alpha value is -1.84. The molecule has 0 saturated carbocycles. The molecule has 0 aliphatic carbocycles. The third kappa shape index (κ3) is 1.66. The monoisotopic (exact) mass is 219 g/mol. The van der Waals surface area contributed by atoms with Gasteiger partial charge in [0, 0.05) is 13.5 Å². The van der Waals surface area contributed by atoms with E-state index in [2.05, 4.69) is 0 Å². The molecule has 1 N–H and O–H groups in total. The Morgan fingerprint density at radius 2 is 2.00 bits per heavy atom. The topological polar surface area (TPSA) is 57.6 Å². The first-order valence-corrected chi connectivity index (χ1v) is 5.14. The molecule has 1 aromatic rings. The molecule has 1 aromatic carbocycles. The fourth-order valence-corrected chi connectivity index (χ4v) is 2.20. The Labute approximate surface area is 93.5 Å². The maximum Gasteiger partial charge on any atom is 0.309 e. The molecule has 1 fully saturated rings. The highest BCUT2D eigenvalue weighted by Crippen LogP contribution is 2.36. The summed E-state index contributed by atoms with van der Waals surface area (Å²) < 4.78 is 0. The van der Waals surface area contributed by atoms with Crippen molar-refractivity contribution in [3.05, 3.63) is 35.9 Å². The predicted octanol–water partition coefficient (Wildman–Crippen LogP) is 1.29. The third-order valence-corrected chi connectivity index (χ3v) is 3.04. The summed E-state index contributed by atoms with van der Waals surface area (Å²) in [6.07, 6.45) is 0.0887. The molecule has 4 nitrogen and oxygen atoms in total. The summed E-state index contributed by atoms with van der Waals surface area (Å²) in [5.74, 6) is -1.66. The van der Waals surface area contributed by atoms with Gasteiger partial charge in [0.15, 0.2) is 0 Å². The van der Waals surface area contributed by atoms with Gasteiger partial charge in [0.2, 0.25) is 5.91 Å². The van der Waals surface area contributed by atoms with Crippen molar-refractivity contribution in [2.24, 2.45) is 5.92 Å². The molecule has 1 saturated heterocycles. The minimum Gasteiger partial charge on any atom is -0.481 e. The number of carboxylic acid groups (broad SMARTS) is 1. The van der Waals surface area contributed by atoms with Crippen LogP contribution in [0.4, 0.5) is 0 Å². The van der Waals surface area contributed by atoms with Crippen LogP contribution in [0.3, 0.4) is 0 Å². The van der Waals surface area contributed by atoms with Crippen molar-refractivity contribution in [3.8, 4) is 0 Å². The van der Waals surface area contributed by atoms with Crippen LogP contribution in [0, 0.1) is 5.92 Å². The van der Waals surface area contributed by atoms with E-state index in [-0.39, 0.29) is 18.4 Å². The highest BCUT2D eigenvalue weighted by molar-refractivity contribution is 5.87. The number of hydrogen-bond acceptors (Lipinski definition) is 2. The molecule has 0 bridgehead atoms. The predicted molar refractivity (Wildman–Crippen MR) is 57.7 cm³/mol. The molecule has 2 rings (SSSR count). The Kier molecular flexibility index (Phi) is 2.64. The summed E-state index contributed by atoms with van der Waals surface area (Å²) in [6.45, 7) is 0. The molecule has 0 aromatic heterocycles. The number of amides is 1. The molecule has 1 amide bonds. The zero-order valence-electron chi connectivity index (χ0n) is 8.96. The molecule has 84 valence electrons. The smallest absolute Gasteiger partial charge is 0.309 e. The number of benzene rings is 1. The Morgan fingerprint density at radius 1 is 1.38 bits per heavy atom. The van der Waals surface area contributed by atoms with E-state index < -0.39 is 11.9 Å². The molecule has 2 atom stereocenters. The maximum atomic E-state index is 11.5. The number of nitrogens with zero attached hydrogens (tertiary/aromatic N) is 1. The van der Waals surface area contributed by atoms with E-state index in [0.29, 0.717) is 0 Å². The molecular weight excluding hydrogens is 206 g/mol. The average Bonchev–Trinajstić information content (AvgIpc) is 2.57. The molecule has 1 aliphatic heterocycles. The first kappa shape index (κ1) is 10.7. The highest BCUT2D eigenvalue weighted by Gasteiger charge is 2.42. The normalized spacial score (nSPS) is 24.8. The van der Waals surface area contributed by atoms with E-state index in [0.717, 1.165) is 5.56 Å². The van der Waals surface area contributed by atoms with Crippen LogP contribution in [0.5, 0.6) is 0 Å². The van der Waals surface area contributed by atoms with Gasteiger partial charge in [-0.15, -0.1) is 0 Å². The summed E-state index contributed by atoms with van der Waals surface area (Å²) in [4.78, 5) is 24.2. The number of aliphatic carboxylic acids is 1. The van der Waals surface area contributed by atoms with Crippen LogP contribution < -0.4 is 0 Å². The number of carboxylic acids is 1. The lowest BCUT2D eigenvalue weighted by Gasteiger charge is -2.23. The zero-order chi connectivity index (χ0) is 11.7. The summed E-state index contributed by atoms with van der Waals surface area (Å²) in [5.41, 5.74) is 0.878. The summed E-state index contributed by atoms with van der Waals surface area (Å²) in [5, 5.41) is 9.10. The van der Waals surface area contributed by atoms with Crippen LogP contribution in [-0.4, -0.2) is 28.9 Å². The first-order valence-electron chi connectivity index (χ1n) is 5.14. The van der Waals surface area contributed by atoms with Crippen molar-refractivity contribution >= 4 is 11.9 Å². The van der Waals surface area contributed by atoms with Gasteiger partial charge in [0.25, 0.3) is 0 Å². The van der Waals surface area contributed by atoms with Gasteiger partial charge < -0.3 is 10.0 Å². The lowest BCUT2D eigenvalue weighted by molar-refractivity contribution is -0.142. The summed E-state index contributed by atoms with van der Waals surface area (Å²) in [7, 11) is 1.66. The molecule has 16 heavy (non-hydrogen) atoms. The molecular formula is C12H13NO3. The van der Waals surface area contributed by atoms with Crippen molar-refractivity contribution in [1.82, 2.24) is 4.90 Å². The second-order valence-electron chi connectivity index (χ2n) is 4.01. The van der Waals surface area contributed by atoms with Crippen molar-refractivity contribution < 1.29 is 14.7 Å². The van der Waals surface area contributed by atoms with Crippen LogP contribution in [0.15, 0.2) is 30.3 Å². The van der Waals surface area contributed by atoms with Gasteiger partial charge in [-0.25, -0.2) is 0 Å². The standard InChI is InChI=1S/C12H13NO3/c1-13-10(14)7-9(12(15)16)11(13)8-5-3-2-4-6-8/h2-6,9,11H,7H2,1H3,(H,15,16)/t9-,11-/m1/s1. The molecule has 0 unspecified atom stereocenters. The number of carbonyl (C=O) groups excluding carboxylic acids is 1. The lowest BCUT2D eigenvalue weighted by atomic mass is 9.94. The SMILES string of the molecule is CN1C(=O)C[C@@H](C(=O)O)[C@H]1c1ccccc1. The van der Waals surface area contributed by atoms with Gasteiger partial charge in [-0.2, -0.15) is 0 Å². The fraction of sp³-hybridized carbons (Fsp3) is 0.333. The third-order valence-electron chi connectivity index (χ3n) is 3.04. The Balaban J connectivity index is 2.37. The van der Waals surface area contributed by atoms with Gasteiger partial charge >= 0.3 is 5.97 Å². The number of carbonyl (C=O) groups is 2. The minimum atomic E-state index is -0.911. The number of likely N-dealkylation sites (tertiary alicyclic amines) is 1. The van der Waals surface area contributed by atoms with Crippen LogP contribution in [-0.2, 0) is 9.59 Å². The largest absolute Gasteiger partial charge is 0.481 e. The van der Waals surface area contributed by atoms with E-state index >= 15 is 0 Å². The number of rotatable bonds is 2. The Morgan fingerprint density at radius 3 is 2.56 bits per heavy atom. The van der Waals surface area contributed by atoms with Gasteiger partial charge in [0.05, 0.1) is 12.0 Å². The second-order valence-corrected chi connectivity index (χ2v) is 4.01. The van der Waals surface area contributed by atoms with Crippen molar-refractivity contribution in [2.45, 2.75) is 12.5 Å². The lowest BCUT2D eigenvalue weighted by Crippen LogP contribution is -2.26. The minimum absolute atomic E-state index is 0.0887. The van der Waals surface area contributed by atoms with Gasteiger partial charge in [-0.05, 0) is 5.56 Å². The van der Waals surface area contributed by atoms with Crippen LogP contribution in [0.1, 0.15) is 18.0 Å². The Bertz CT molecular complexity index is 416. The molecule has 0 radical (unpaired) electrons. The van der Waals surface area contributed by atoms with Crippen molar-refractivity contribution in [1.29, 1.82) is 0 Å². The maximum absolute atomic E-state index is 11.5. The van der Waals surface area contributed by atoms with Crippen LogP contribution >= 0.6 is 0 Å².